The van der Waals surface area contributed by atoms with Gasteiger partial charge in [-0.05, 0) is 13.0 Å². The van der Waals surface area contributed by atoms with E-state index in [1.165, 1.54) is 23.1 Å². The van der Waals surface area contributed by atoms with Gasteiger partial charge in [-0.1, -0.05) is 47.4 Å². The Kier molecular flexibility index (Phi) is 5.78. The molecule has 6 nitrogen and oxygen atoms in total. The van der Waals surface area contributed by atoms with Gasteiger partial charge in [0.05, 0.1) is 10.7 Å². The predicted molar refractivity (Wildman–Crippen MR) is 109 cm³/mol. The van der Waals surface area contributed by atoms with Gasteiger partial charge in [0.15, 0.2) is 6.54 Å². The summed E-state index contributed by atoms with van der Waals surface area (Å²) in [4.78, 5) is 14.6. The van der Waals surface area contributed by atoms with Crippen LogP contribution in [0.15, 0.2) is 29.2 Å². The Hall–Kier alpha value is -1.33. The highest BCUT2D eigenvalue weighted by Gasteiger charge is 2.32. The number of thioether (sulfide) groups is 1. The topological polar surface area (TPSA) is 78.6 Å². The Morgan fingerprint density at radius 1 is 1.35 bits per heavy atom. The van der Waals surface area contributed by atoms with Crippen molar-refractivity contribution in [1.29, 1.82) is 0 Å². The number of benzene rings is 1. The van der Waals surface area contributed by atoms with Crippen LogP contribution >= 0.6 is 35.3 Å². The zero-order chi connectivity index (χ0) is 18.9. The molecular weight excluding hydrogens is 412 g/mol. The van der Waals surface area contributed by atoms with E-state index in [1.807, 2.05) is 41.8 Å². The number of para-hydroxylation sites is 1. The normalized spacial score (nSPS) is 17.0. The molecule has 3 rings (SSSR count). The molecule has 138 valence electrons. The summed E-state index contributed by atoms with van der Waals surface area (Å²) in [5.41, 5.74) is 0.963. The van der Waals surface area contributed by atoms with Crippen LogP contribution < -0.4 is 4.57 Å². The molecule has 1 amide bonds. The van der Waals surface area contributed by atoms with Crippen molar-refractivity contribution >= 4 is 72.0 Å². The number of carbonyl (C=O) groups excluding carboxylic acids is 1. The van der Waals surface area contributed by atoms with Crippen LogP contribution in [0.25, 0.3) is 16.3 Å². The van der Waals surface area contributed by atoms with E-state index in [-0.39, 0.29) is 18.1 Å². The lowest BCUT2D eigenvalue weighted by molar-refractivity contribution is -0.668. The minimum absolute atomic E-state index is 0.107. The number of aryl methyl sites for hydroxylation is 1. The zero-order valence-corrected chi connectivity index (χ0v) is 17.2. The van der Waals surface area contributed by atoms with E-state index < -0.39 is 10.1 Å². The van der Waals surface area contributed by atoms with E-state index in [0.29, 0.717) is 22.3 Å². The monoisotopic (exact) mass is 429 g/mol. The van der Waals surface area contributed by atoms with Gasteiger partial charge >= 0.3 is 0 Å². The average Bonchev–Trinajstić information content (AvgIpc) is 3.04. The Labute approximate surface area is 165 Å². The van der Waals surface area contributed by atoms with Crippen LogP contribution in [0.1, 0.15) is 18.4 Å². The third kappa shape index (κ3) is 4.15. The second-order valence-electron chi connectivity index (χ2n) is 5.63. The van der Waals surface area contributed by atoms with Gasteiger partial charge in [0.1, 0.15) is 9.02 Å². The molecule has 1 aliphatic rings. The number of rotatable bonds is 6. The van der Waals surface area contributed by atoms with Crippen molar-refractivity contribution < 1.29 is 22.3 Å². The molecule has 0 saturated carbocycles. The van der Waals surface area contributed by atoms with Gasteiger partial charge in [0, 0.05) is 25.1 Å². The molecule has 1 N–H and O–H groups in total. The number of hydrogen-bond donors (Lipinski definition) is 1. The third-order valence-electron chi connectivity index (χ3n) is 3.87. The van der Waals surface area contributed by atoms with Gasteiger partial charge < -0.3 is 0 Å². The maximum absolute atomic E-state index is 12.5. The van der Waals surface area contributed by atoms with Crippen molar-refractivity contribution in [2.45, 2.75) is 19.9 Å². The van der Waals surface area contributed by atoms with E-state index >= 15 is 0 Å². The predicted octanol–water partition coefficient (Wildman–Crippen LogP) is 2.69. The smallest absolute Gasteiger partial charge is 0.266 e. The van der Waals surface area contributed by atoms with Crippen LogP contribution in [-0.2, 0) is 21.5 Å². The summed E-state index contributed by atoms with van der Waals surface area (Å²) in [5, 5.41) is 0.846. The molecular formula is C16H17N2O4S4+. The van der Waals surface area contributed by atoms with E-state index in [1.54, 1.807) is 4.90 Å². The Balaban J connectivity index is 1.97. The number of thiazole rings is 1. The molecule has 0 bridgehead atoms. The van der Waals surface area contributed by atoms with Crippen LogP contribution in [0.3, 0.4) is 0 Å². The maximum Gasteiger partial charge on any atom is 0.266 e. The van der Waals surface area contributed by atoms with Crippen LogP contribution in [-0.4, -0.2) is 40.4 Å². The fraction of sp³-hybridized carbons (Fsp3) is 0.312. The molecule has 0 atom stereocenters. The van der Waals surface area contributed by atoms with Crippen molar-refractivity contribution in [2.75, 3.05) is 12.3 Å². The minimum Gasteiger partial charge on any atom is -0.293 e. The lowest BCUT2D eigenvalue weighted by Gasteiger charge is -2.09. The first-order valence-corrected chi connectivity index (χ1v) is 11.6. The quantitative estimate of drug-likeness (QED) is 0.329. The Bertz CT molecular complexity index is 1010. The van der Waals surface area contributed by atoms with Crippen LogP contribution in [0.4, 0.5) is 0 Å². The molecule has 2 aromatic rings. The third-order valence-corrected chi connectivity index (χ3v) is 7.16. The first kappa shape index (κ1) is 19.4. The Morgan fingerprint density at radius 2 is 2.08 bits per heavy atom. The lowest BCUT2D eigenvalue weighted by atomic mass is 10.3. The molecule has 26 heavy (non-hydrogen) atoms. The van der Waals surface area contributed by atoms with Crippen LogP contribution in [0.5, 0.6) is 0 Å². The van der Waals surface area contributed by atoms with Gasteiger partial charge in [-0.25, -0.2) is 0 Å². The number of amides is 1. The zero-order valence-electron chi connectivity index (χ0n) is 13.9. The highest BCUT2D eigenvalue weighted by atomic mass is 32.2. The van der Waals surface area contributed by atoms with Crippen LogP contribution in [0.2, 0.25) is 0 Å². The van der Waals surface area contributed by atoms with Crippen LogP contribution in [0, 0.1) is 0 Å². The number of likely N-dealkylation sites (N-methyl/N-ethyl adjacent to an activating group) is 1. The summed E-state index contributed by atoms with van der Waals surface area (Å²) in [6.07, 6.45) is 2.09. The fourth-order valence-corrected chi connectivity index (χ4v) is 5.74. The maximum atomic E-state index is 12.5. The molecule has 1 aromatic heterocycles. The van der Waals surface area contributed by atoms with Crippen molar-refractivity contribution in [2.24, 2.45) is 0 Å². The van der Waals surface area contributed by atoms with Gasteiger partial charge in [0.2, 0.25) is 5.52 Å². The summed E-state index contributed by atoms with van der Waals surface area (Å²) in [7, 11) is -4.00. The molecule has 0 radical (unpaired) electrons. The van der Waals surface area contributed by atoms with Crippen molar-refractivity contribution in [3.63, 3.8) is 0 Å². The van der Waals surface area contributed by atoms with Crippen molar-refractivity contribution in [3.8, 4) is 0 Å². The molecule has 0 unspecified atom stereocenters. The SMILES string of the molecule is CCN1C(=O)C(=Cc2sc3ccccc3[n+]2CCCS(=O)(=O)O)SC1=S. The van der Waals surface area contributed by atoms with Gasteiger partial charge in [-0.15, -0.1) is 0 Å². The van der Waals surface area contributed by atoms with Gasteiger partial charge in [0.25, 0.3) is 21.0 Å². The average molecular weight is 430 g/mol. The fourth-order valence-electron chi connectivity index (χ4n) is 2.68. The van der Waals surface area contributed by atoms with Gasteiger partial charge in [-0.2, -0.15) is 13.0 Å². The highest BCUT2D eigenvalue weighted by molar-refractivity contribution is 8.26. The summed E-state index contributed by atoms with van der Waals surface area (Å²) >= 11 is 8.05. The molecule has 1 saturated heterocycles. The summed E-state index contributed by atoms with van der Waals surface area (Å²) in [6, 6.07) is 7.78. The first-order valence-electron chi connectivity index (χ1n) is 7.92. The van der Waals surface area contributed by atoms with E-state index in [9.17, 15) is 13.2 Å². The Morgan fingerprint density at radius 3 is 2.73 bits per heavy atom. The highest BCUT2D eigenvalue weighted by Crippen LogP contribution is 2.33. The van der Waals surface area contributed by atoms with E-state index in [0.717, 1.165) is 15.2 Å². The number of nitrogens with zero attached hydrogens (tertiary/aromatic N) is 2. The first-order chi connectivity index (χ1) is 12.3. The second-order valence-corrected chi connectivity index (χ2v) is 9.94. The summed E-state index contributed by atoms with van der Waals surface area (Å²) < 4.78 is 34.5. The molecule has 1 aromatic carbocycles. The number of hydrogen-bond acceptors (Lipinski definition) is 6. The molecule has 0 aliphatic carbocycles. The van der Waals surface area contributed by atoms with Crippen molar-refractivity contribution in [1.82, 2.24) is 4.90 Å². The second kappa shape index (κ2) is 7.73. The largest absolute Gasteiger partial charge is 0.293 e. The molecule has 1 aliphatic heterocycles. The van der Waals surface area contributed by atoms with Crippen molar-refractivity contribution in [3.05, 3.63) is 34.2 Å². The lowest BCUT2D eigenvalue weighted by Crippen LogP contribution is -2.36. The molecule has 2 heterocycles. The molecule has 0 spiro atoms. The number of aromatic nitrogens is 1. The minimum atomic E-state index is -4.00. The van der Waals surface area contributed by atoms with Gasteiger partial charge in [-0.3, -0.25) is 14.2 Å². The summed E-state index contributed by atoms with van der Waals surface area (Å²) in [6.45, 7) is 2.83. The number of carbonyl (C=O) groups is 1. The standard InChI is InChI=1S/C16H16N2O4S4/c1-2-17-15(19)13(25-16(17)23)10-14-18(8-5-9-26(20,21)22)11-6-3-4-7-12(11)24-14/h3-4,6-7,10H,2,5,8-9H2,1H3/p+1. The molecule has 10 heteroatoms. The number of fused-ring (bicyclic) bond motifs is 1. The van der Waals surface area contributed by atoms with E-state index in [4.69, 9.17) is 16.8 Å². The summed E-state index contributed by atoms with van der Waals surface area (Å²) in [5.74, 6) is -0.411. The van der Waals surface area contributed by atoms with E-state index in [2.05, 4.69) is 0 Å². The molecule has 1 fully saturated rings. The number of thiocarbonyl (C=S) groups is 1.